The molecule has 0 saturated carbocycles. The summed E-state index contributed by atoms with van der Waals surface area (Å²) < 4.78 is 2.43. The van der Waals surface area contributed by atoms with Crippen LogP contribution in [0.4, 0.5) is 0 Å². The molecular weight excluding hydrogens is 444 g/mol. The molecule has 2 rings (SSSR count). The number of benzene rings is 1. The number of hydrogen-bond donors (Lipinski definition) is 0. The van der Waals surface area contributed by atoms with Gasteiger partial charge in [-0.25, -0.2) is 4.98 Å². The number of halogens is 2. The fraction of sp³-hybridized carbons (Fsp3) is 0.562. The first-order valence-electron chi connectivity index (χ1n) is 7.31. The molecule has 0 aliphatic carbocycles. The topological polar surface area (TPSA) is 17.8 Å². The predicted molar refractivity (Wildman–Crippen MR) is 77.9 cm³/mol. The second-order valence-corrected chi connectivity index (χ2v) is 4.98. The van der Waals surface area contributed by atoms with E-state index in [1.165, 1.54) is 43.4 Å². The van der Waals surface area contributed by atoms with Crippen LogP contribution in [0.3, 0.4) is 0 Å². The second-order valence-electron chi connectivity index (χ2n) is 4.98. The summed E-state index contributed by atoms with van der Waals surface area (Å²) in [6, 6.07) is 8.51. The van der Waals surface area contributed by atoms with Gasteiger partial charge < -0.3 is 38.5 Å². The van der Waals surface area contributed by atoms with Crippen molar-refractivity contribution in [3.63, 3.8) is 0 Å². The zero-order chi connectivity index (χ0) is 12.8. The van der Waals surface area contributed by atoms with Crippen molar-refractivity contribution >= 4 is 11.0 Å². The largest absolute Gasteiger partial charge is 2.00 e. The first-order valence-corrected chi connectivity index (χ1v) is 7.31. The summed E-state index contributed by atoms with van der Waals surface area (Å²) in [4.78, 5) is 4.80. The van der Waals surface area contributed by atoms with Gasteiger partial charge in [0.05, 0.1) is 11.0 Å². The van der Waals surface area contributed by atoms with Gasteiger partial charge in [-0.05, 0) is 25.0 Å². The molecule has 0 bridgehead atoms. The molecule has 0 aliphatic rings. The van der Waals surface area contributed by atoms with Crippen molar-refractivity contribution in [2.45, 2.75) is 58.9 Å². The van der Waals surface area contributed by atoms with Gasteiger partial charge in [-0.3, -0.25) is 0 Å². The van der Waals surface area contributed by atoms with Crippen LogP contribution in [-0.2, 0) is 30.0 Å². The Morgan fingerprint density at radius 1 is 0.952 bits per heavy atom. The molecule has 0 spiro atoms. The van der Waals surface area contributed by atoms with Crippen LogP contribution in [0.1, 0.15) is 51.8 Å². The Labute approximate surface area is 160 Å². The third kappa shape index (κ3) is 6.43. The van der Waals surface area contributed by atoms with Gasteiger partial charge in [-0.1, -0.05) is 45.2 Å². The van der Waals surface area contributed by atoms with Crippen molar-refractivity contribution in [2.75, 3.05) is 0 Å². The number of nitrogens with zero attached hydrogens (tertiary/aromatic N) is 2. The normalized spacial score (nSPS) is 9.62. The van der Waals surface area contributed by atoms with Gasteiger partial charge in [0.15, 0.2) is 0 Å². The van der Waals surface area contributed by atoms with E-state index in [1.54, 1.807) is 0 Å². The maximum absolute atomic E-state index is 4.80. The summed E-state index contributed by atoms with van der Waals surface area (Å²) in [6.07, 6.45) is 7.42. The maximum Gasteiger partial charge on any atom is 2.00 e. The summed E-state index contributed by atoms with van der Waals surface area (Å²) in [5.41, 5.74) is 2.46. The van der Waals surface area contributed by atoms with E-state index in [2.05, 4.69) is 42.7 Å². The van der Waals surface area contributed by atoms with E-state index in [9.17, 15) is 0 Å². The molecule has 123 valence electrons. The first-order chi connectivity index (χ1) is 8.86. The summed E-state index contributed by atoms with van der Waals surface area (Å²) >= 11 is 0. The molecule has 1 aromatic heterocycles. The average Bonchev–Trinajstić information content (AvgIpc) is 2.74. The van der Waals surface area contributed by atoms with E-state index in [0.717, 1.165) is 18.5 Å². The summed E-state index contributed by atoms with van der Waals surface area (Å²) in [5, 5.41) is 0. The molecule has 1 aromatic carbocycles. The van der Waals surface area contributed by atoms with Crippen LogP contribution < -0.4 is 34.0 Å². The molecule has 0 aliphatic heterocycles. The van der Waals surface area contributed by atoms with Crippen LogP contribution in [0.15, 0.2) is 24.3 Å². The Bertz CT molecular complexity index is 500. The van der Waals surface area contributed by atoms with Crippen LogP contribution in [0, 0.1) is 0 Å². The van der Waals surface area contributed by atoms with Crippen molar-refractivity contribution in [3.8, 4) is 0 Å². The zero-order valence-electron chi connectivity index (χ0n) is 12.7. The third-order valence-corrected chi connectivity index (χ3v) is 3.47. The molecule has 5 heteroatoms. The van der Waals surface area contributed by atoms with E-state index in [-0.39, 0.29) is 51.0 Å². The monoisotopic (exact) mass is 465 g/mol. The van der Waals surface area contributed by atoms with Crippen molar-refractivity contribution in [1.82, 2.24) is 9.55 Å². The molecule has 2 aromatic rings. The SMILES string of the molecule is CCCCCc1nc2ccccc2n1CCCC.[Br-].[Br-].[Cu+2]. The number of unbranched alkanes of at least 4 members (excludes halogenated alkanes) is 3. The van der Waals surface area contributed by atoms with E-state index in [0.29, 0.717) is 0 Å². The molecule has 0 saturated heterocycles. The third-order valence-electron chi connectivity index (χ3n) is 3.47. The Morgan fingerprint density at radius 3 is 2.29 bits per heavy atom. The molecule has 1 radical (unpaired) electrons. The fourth-order valence-corrected chi connectivity index (χ4v) is 2.42. The number of aryl methyl sites for hydroxylation is 2. The van der Waals surface area contributed by atoms with Crippen molar-refractivity contribution in [2.24, 2.45) is 0 Å². The van der Waals surface area contributed by atoms with Crippen LogP contribution >= 0.6 is 0 Å². The summed E-state index contributed by atoms with van der Waals surface area (Å²) in [5.74, 6) is 1.28. The van der Waals surface area contributed by atoms with Gasteiger partial charge in [0, 0.05) is 13.0 Å². The Hall–Kier alpha value is 0.169. The molecule has 0 amide bonds. The van der Waals surface area contributed by atoms with Gasteiger partial charge >= 0.3 is 17.1 Å². The molecule has 2 nitrogen and oxygen atoms in total. The van der Waals surface area contributed by atoms with Crippen LogP contribution in [0.2, 0.25) is 0 Å². The quantitative estimate of drug-likeness (QED) is 0.361. The average molecular weight is 468 g/mol. The Balaban J connectivity index is 0. The molecule has 0 atom stereocenters. The number of para-hydroxylation sites is 2. The van der Waals surface area contributed by atoms with Gasteiger partial charge in [0.1, 0.15) is 5.82 Å². The molecule has 21 heavy (non-hydrogen) atoms. The number of imidazole rings is 1. The standard InChI is InChI=1S/C16H24N2.2BrH.Cu/c1-3-5-7-12-16-17-14-10-8-9-11-15(14)18(16)13-6-4-2;;;/h8-11H,3-7,12-13H2,1-2H3;2*1H;/q;;;+2/p-2. The minimum Gasteiger partial charge on any atom is -1.00 e. The van der Waals surface area contributed by atoms with Gasteiger partial charge in [-0.15, -0.1) is 0 Å². The Kier molecular flexibility index (Phi) is 14.2. The molecular formula is C16H24Br2CuN2. The number of hydrogen-bond acceptors (Lipinski definition) is 1. The van der Waals surface area contributed by atoms with Gasteiger partial charge in [0.2, 0.25) is 0 Å². The van der Waals surface area contributed by atoms with E-state index < -0.39 is 0 Å². The minimum atomic E-state index is 0. The van der Waals surface area contributed by atoms with E-state index in [1.807, 2.05) is 0 Å². The van der Waals surface area contributed by atoms with Gasteiger partial charge in [0.25, 0.3) is 0 Å². The number of rotatable bonds is 7. The predicted octanol–water partition coefficient (Wildman–Crippen LogP) is -1.43. The number of aromatic nitrogens is 2. The van der Waals surface area contributed by atoms with Gasteiger partial charge in [-0.2, -0.15) is 0 Å². The number of fused-ring (bicyclic) bond motifs is 1. The molecule has 0 N–H and O–H groups in total. The van der Waals surface area contributed by atoms with Crippen LogP contribution in [-0.4, -0.2) is 9.55 Å². The first kappa shape index (κ1) is 23.4. The van der Waals surface area contributed by atoms with Crippen LogP contribution in [0.25, 0.3) is 11.0 Å². The van der Waals surface area contributed by atoms with Crippen LogP contribution in [0.5, 0.6) is 0 Å². The minimum absolute atomic E-state index is 0. The van der Waals surface area contributed by atoms with E-state index >= 15 is 0 Å². The van der Waals surface area contributed by atoms with Crippen molar-refractivity contribution in [3.05, 3.63) is 30.1 Å². The van der Waals surface area contributed by atoms with Crippen molar-refractivity contribution in [1.29, 1.82) is 0 Å². The van der Waals surface area contributed by atoms with E-state index in [4.69, 9.17) is 4.98 Å². The fourth-order valence-electron chi connectivity index (χ4n) is 2.42. The summed E-state index contributed by atoms with van der Waals surface area (Å²) in [7, 11) is 0. The maximum atomic E-state index is 4.80. The molecule has 1 heterocycles. The molecule has 0 unspecified atom stereocenters. The van der Waals surface area contributed by atoms with Crippen molar-refractivity contribution < 1.29 is 51.0 Å². The zero-order valence-corrected chi connectivity index (χ0v) is 16.8. The Morgan fingerprint density at radius 2 is 1.62 bits per heavy atom. The second kappa shape index (κ2) is 12.7. The smallest absolute Gasteiger partial charge is 1.00 e. The summed E-state index contributed by atoms with van der Waals surface area (Å²) in [6.45, 7) is 5.61. The molecule has 0 fully saturated rings.